The third kappa shape index (κ3) is 3.56. The molecular formula is C30H22N2O6. The average Bonchev–Trinajstić information content (AvgIpc) is 3.54. The molecule has 3 aliphatic rings. The van der Waals surface area contributed by atoms with Crippen LogP contribution < -0.4 is 9.64 Å². The van der Waals surface area contributed by atoms with E-state index >= 15 is 0 Å². The van der Waals surface area contributed by atoms with Crippen molar-refractivity contribution in [3.63, 3.8) is 0 Å². The van der Waals surface area contributed by atoms with Gasteiger partial charge in [0.2, 0.25) is 17.6 Å². The van der Waals surface area contributed by atoms with Crippen LogP contribution >= 0.6 is 0 Å². The van der Waals surface area contributed by atoms with Gasteiger partial charge in [0.1, 0.15) is 0 Å². The molecule has 8 heteroatoms. The summed E-state index contributed by atoms with van der Waals surface area (Å²) < 4.78 is 4.94. The molecule has 2 bridgehead atoms. The van der Waals surface area contributed by atoms with Crippen LogP contribution in [0.4, 0.5) is 11.4 Å². The maximum Gasteiger partial charge on any atom is 0.313 e. The second-order valence-corrected chi connectivity index (χ2v) is 9.57. The van der Waals surface area contributed by atoms with Gasteiger partial charge in [0.25, 0.3) is 0 Å². The Morgan fingerprint density at radius 3 is 1.84 bits per heavy atom. The molecule has 3 aromatic carbocycles. The number of benzene rings is 3. The molecule has 0 spiro atoms. The molecular weight excluding hydrogens is 484 g/mol. The van der Waals surface area contributed by atoms with Gasteiger partial charge in [-0.1, -0.05) is 72.8 Å². The van der Waals surface area contributed by atoms with E-state index in [-0.39, 0.29) is 35.1 Å². The Balaban J connectivity index is 1.43. The second-order valence-electron chi connectivity index (χ2n) is 9.57. The Morgan fingerprint density at radius 1 is 0.842 bits per heavy atom. The van der Waals surface area contributed by atoms with Crippen molar-refractivity contribution in [1.29, 1.82) is 0 Å². The molecule has 188 valence electrons. The molecule has 0 radical (unpaired) electrons. The predicted octanol–water partition coefficient (Wildman–Crippen LogP) is 4.94. The van der Waals surface area contributed by atoms with Gasteiger partial charge in [-0.2, -0.15) is 0 Å². The van der Waals surface area contributed by atoms with E-state index in [4.69, 9.17) is 4.74 Å². The van der Waals surface area contributed by atoms with Gasteiger partial charge in [-0.3, -0.25) is 24.5 Å². The number of nitrogens with zero attached hydrogens (tertiary/aromatic N) is 2. The Labute approximate surface area is 218 Å². The van der Waals surface area contributed by atoms with Crippen LogP contribution in [0.2, 0.25) is 0 Å². The van der Waals surface area contributed by atoms with Crippen LogP contribution in [0.15, 0.2) is 96.6 Å². The number of esters is 1. The van der Waals surface area contributed by atoms with Crippen LogP contribution in [-0.2, 0) is 14.4 Å². The molecule has 0 unspecified atom stereocenters. The van der Waals surface area contributed by atoms with E-state index in [9.17, 15) is 24.5 Å². The van der Waals surface area contributed by atoms with E-state index in [2.05, 4.69) is 0 Å². The molecule has 3 aromatic rings. The number of carbonyl (C=O) groups excluding carboxylic acids is 3. The van der Waals surface area contributed by atoms with E-state index in [0.29, 0.717) is 0 Å². The first-order valence-electron chi connectivity index (χ1n) is 12.2. The van der Waals surface area contributed by atoms with E-state index in [0.717, 1.165) is 40.2 Å². The lowest BCUT2D eigenvalue weighted by atomic mass is 9.85. The van der Waals surface area contributed by atoms with Crippen LogP contribution in [0.1, 0.15) is 18.1 Å². The number of carbonyl (C=O) groups is 3. The lowest BCUT2D eigenvalue weighted by Gasteiger charge is -2.21. The summed E-state index contributed by atoms with van der Waals surface area (Å²) in [5.74, 6) is -3.45. The summed E-state index contributed by atoms with van der Waals surface area (Å²) in [6.07, 6.45) is 4.02. The first kappa shape index (κ1) is 23.5. The summed E-state index contributed by atoms with van der Waals surface area (Å²) in [7, 11) is 0. The van der Waals surface area contributed by atoms with Crippen LogP contribution in [0.3, 0.4) is 0 Å². The number of hydrogen-bond donors (Lipinski definition) is 0. The third-order valence-corrected chi connectivity index (χ3v) is 7.48. The summed E-state index contributed by atoms with van der Waals surface area (Å²) >= 11 is 0. The molecule has 2 amide bonds. The monoisotopic (exact) mass is 506 g/mol. The number of fused-ring (bicyclic) bond motifs is 5. The molecule has 38 heavy (non-hydrogen) atoms. The molecule has 0 aromatic heterocycles. The summed E-state index contributed by atoms with van der Waals surface area (Å²) in [5, 5.41) is 11.6. The highest BCUT2D eigenvalue weighted by molar-refractivity contribution is 6.23. The number of nitro groups is 1. The fraction of sp³-hybridized carbons (Fsp3) is 0.167. The fourth-order valence-corrected chi connectivity index (χ4v) is 6.09. The van der Waals surface area contributed by atoms with E-state index in [1.54, 1.807) is 0 Å². The van der Waals surface area contributed by atoms with Gasteiger partial charge in [-0.15, -0.1) is 0 Å². The van der Waals surface area contributed by atoms with E-state index in [1.165, 1.54) is 12.1 Å². The van der Waals surface area contributed by atoms with Gasteiger partial charge >= 0.3 is 11.7 Å². The van der Waals surface area contributed by atoms with Gasteiger partial charge in [0.05, 0.1) is 22.4 Å². The summed E-state index contributed by atoms with van der Waals surface area (Å²) in [6, 6.07) is 23.6. The maximum atomic E-state index is 13.8. The first-order valence-corrected chi connectivity index (χ1v) is 12.2. The van der Waals surface area contributed by atoms with Crippen LogP contribution in [0.25, 0.3) is 5.57 Å². The van der Waals surface area contributed by atoms with E-state index < -0.39 is 28.4 Å². The van der Waals surface area contributed by atoms with Gasteiger partial charge in [-0.05, 0) is 34.4 Å². The number of amides is 2. The molecule has 1 saturated carbocycles. The number of imide groups is 1. The number of nitro benzene ring substituents is 1. The van der Waals surface area contributed by atoms with Crippen molar-refractivity contribution in [2.45, 2.75) is 6.92 Å². The van der Waals surface area contributed by atoms with Crippen LogP contribution in [0, 0.1) is 33.8 Å². The van der Waals surface area contributed by atoms with Crippen LogP contribution in [-0.4, -0.2) is 22.7 Å². The normalized spacial score (nSPS) is 23.1. The molecule has 6 rings (SSSR count). The minimum atomic E-state index is -0.710. The molecule has 1 heterocycles. The number of anilines is 1. The molecule has 8 nitrogen and oxygen atoms in total. The summed E-state index contributed by atoms with van der Waals surface area (Å²) in [5.41, 5.74) is 3.70. The number of ether oxygens (including phenoxy) is 1. The zero-order valence-corrected chi connectivity index (χ0v) is 20.3. The predicted molar refractivity (Wildman–Crippen MR) is 139 cm³/mol. The minimum Gasteiger partial charge on any atom is -0.419 e. The van der Waals surface area contributed by atoms with Gasteiger partial charge in [0.15, 0.2) is 0 Å². The lowest BCUT2D eigenvalue weighted by molar-refractivity contribution is -0.385. The van der Waals surface area contributed by atoms with Crippen molar-refractivity contribution >= 4 is 34.7 Å². The number of rotatable bonds is 5. The highest BCUT2D eigenvalue weighted by atomic mass is 16.6. The third-order valence-electron chi connectivity index (χ3n) is 7.48. The van der Waals surface area contributed by atoms with Crippen molar-refractivity contribution in [2.24, 2.45) is 23.7 Å². The lowest BCUT2D eigenvalue weighted by Crippen LogP contribution is -2.33. The SMILES string of the molecule is CC(=O)Oc1ccc(N2C(=O)[C@H]3[C@H](C2=O)[C@H]2C=C[C@H]3C2=C(c2ccccc2)c2ccccc2)cc1[N+](=O)[O-]. The topological polar surface area (TPSA) is 107 Å². The largest absolute Gasteiger partial charge is 0.419 e. The molecule has 4 atom stereocenters. The second kappa shape index (κ2) is 8.92. The highest BCUT2D eigenvalue weighted by Crippen LogP contribution is 2.59. The standard InChI is InChI=1S/C30H22N2O6/c1-17(33)38-24-15-12-20(16-23(24)32(36)37)31-29(34)27-21-13-14-22(28(27)30(31)35)26(21)25(18-8-4-2-5-9-18)19-10-6-3-7-11-19/h2-16,21-22,27-28H,1H3/t21-,22-,27+,28+/m0/s1. The number of allylic oxidation sites excluding steroid dienone is 3. The number of hydrogen-bond acceptors (Lipinski definition) is 6. The van der Waals surface area contributed by atoms with Crippen molar-refractivity contribution in [2.75, 3.05) is 4.90 Å². The Bertz CT molecular complexity index is 1480. The van der Waals surface area contributed by atoms with Crippen molar-refractivity contribution in [3.8, 4) is 5.75 Å². The fourth-order valence-electron chi connectivity index (χ4n) is 6.09. The Hall–Kier alpha value is -4.85. The Morgan fingerprint density at radius 2 is 1.37 bits per heavy atom. The van der Waals surface area contributed by atoms with Gasteiger partial charge < -0.3 is 4.74 Å². The van der Waals surface area contributed by atoms with Crippen molar-refractivity contribution < 1.29 is 24.0 Å². The smallest absolute Gasteiger partial charge is 0.313 e. The van der Waals surface area contributed by atoms with Crippen LogP contribution in [0.5, 0.6) is 5.75 Å². The van der Waals surface area contributed by atoms with Crippen molar-refractivity contribution in [3.05, 3.63) is 118 Å². The summed E-state index contributed by atoms with van der Waals surface area (Å²) in [6.45, 7) is 1.14. The molecule has 1 aliphatic heterocycles. The molecule has 2 aliphatic carbocycles. The highest BCUT2D eigenvalue weighted by Gasteiger charge is 2.62. The molecule has 0 N–H and O–H groups in total. The first-order chi connectivity index (χ1) is 18.4. The van der Waals surface area contributed by atoms with Crippen molar-refractivity contribution in [1.82, 2.24) is 0 Å². The van der Waals surface area contributed by atoms with Gasteiger partial charge in [0, 0.05) is 24.8 Å². The quantitative estimate of drug-likeness (QED) is 0.121. The Kier molecular flexibility index (Phi) is 5.52. The van der Waals surface area contributed by atoms with E-state index in [1.807, 2.05) is 72.8 Å². The summed E-state index contributed by atoms with van der Waals surface area (Å²) in [4.78, 5) is 50.9. The molecule has 2 fully saturated rings. The minimum absolute atomic E-state index is 0.0910. The maximum absolute atomic E-state index is 13.8. The molecule has 1 saturated heterocycles. The van der Waals surface area contributed by atoms with Gasteiger partial charge in [-0.25, -0.2) is 4.90 Å². The average molecular weight is 507 g/mol. The zero-order valence-electron chi connectivity index (χ0n) is 20.3. The zero-order chi connectivity index (χ0) is 26.6.